The molecule has 3 amide bonds. The van der Waals surface area contributed by atoms with Gasteiger partial charge in [0.15, 0.2) is 0 Å². The fourth-order valence-corrected chi connectivity index (χ4v) is 4.75. The molecule has 0 bridgehead atoms. The second-order valence-electron chi connectivity index (χ2n) is 8.79. The highest BCUT2D eigenvalue weighted by atomic mass is 16.6. The topological polar surface area (TPSA) is 102 Å². The van der Waals surface area contributed by atoms with Crippen molar-refractivity contribution in [3.05, 3.63) is 59.7 Å². The number of fused-ring (bicyclic) bond motifs is 3. The molecule has 2 aliphatic rings. The predicted molar refractivity (Wildman–Crippen MR) is 121 cm³/mol. The molecule has 0 saturated carbocycles. The summed E-state index contributed by atoms with van der Waals surface area (Å²) in [5, 5.41) is 2.70. The van der Waals surface area contributed by atoms with Crippen molar-refractivity contribution in [2.75, 3.05) is 13.2 Å². The van der Waals surface area contributed by atoms with Crippen molar-refractivity contribution < 1.29 is 19.1 Å². The van der Waals surface area contributed by atoms with Gasteiger partial charge in [0.2, 0.25) is 11.8 Å². The minimum absolute atomic E-state index is 0.0404. The lowest BCUT2D eigenvalue weighted by atomic mass is 9.98. The number of rotatable bonds is 6. The lowest BCUT2D eigenvalue weighted by Crippen LogP contribution is -2.54. The first-order valence-corrected chi connectivity index (χ1v) is 11.1. The molecule has 7 nitrogen and oxygen atoms in total. The molecule has 0 unspecified atom stereocenters. The molecule has 1 aliphatic heterocycles. The first-order chi connectivity index (χ1) is 15.4. The third kappa shape index (κ3) is 4.07. The van der Waals surface area contributed by atoms with E-state index in [9.17, 15) is 14.4 Å². The van der Waals surface area contributed by atoms with Gasteiger partial charge in [-0.2, -0.15) is 0 Å². The number of benzene rings is 2. The maximum Gasteiger partial charge on any atom is 0.410 e. The molecule has 32 heavy (non-hydrogen) atoms. The Morgan fingerprint density at radius 1 is 1.06 bits per heavy atom. The minimum atomic E-state index is -0.771. The Kier molecular flexibility index (Phi) is 6.17. The van der Waals surface area contributed by atoms with Crippen LogP contribution in [0.3, 0.4) is 0 Å². The smallest absolute Gasteiger partial charge is 0.410 e. The summed E-state index contributed by atoms with van der Waals surface area (Å²) in [7, 11) is 0. The highest BCUT2D eigenvalue weighted by molar-refractivity contribution is 5.91. The molecule has 0 spiro atoms. The van der Waals surface area contributed by atoms with Crippen molar-refractivity contribution in [1.29, 1.82) is 0 Å². The summed E-state index contributed by atoms with van der Waals surface area (Å²) in [5.41, 5.74) is 10.0. The van der Waals surface area contributed by atoms with Crippen LogP contribution in [0.15, 0.2) is 48.5 Å². The maximum atomic E-state index is 12.9. The van der Waals surface area contributed by atoms with Gasteiger partial charge in [-0.15, -0.1) is 0 Å². The number of carbonyl (C=O) groups is 3. The Morgan fingerprint density at radius 2 is 1.66 bits per heavy atom. The zero-order valence-corrected chi connectivity index (χ0v) is 18.4. The van der Waals surface area contributed by atoms with Crippen LogP contribution in [0.1, 0.15) is 43.7 Å². The highest BCUT2D eigenvalue weighted by Crippen LogP contribution is 2.44. The summed E-state index contributed by atoms with van der Waals surface area (Å²) in [6, 6.07) is 14.9. The van der Waals surface area contributed by atoms with Gasteiger partial charge in [-0.3, -0.25) is 14.5 Å². The first kappa shape index (κ1) is 21.9. The van der Waals surface area contributed by atoms with Crippen LogP contribution in [0.5, 0.6) is 0 Å². The number of nitrogens with one attached hydrogen (secondary N) is 1. The third-order valence-electron chi connectivity index (χ3n) is 6.40. The number of hydrogen-bond donors (Lipinski definition) is 2. The van der Waals surface area contributed by atoms with E-state index in [0.717, 1.165) is 22.3 Å². The zero-order chi connectivity index (χ0) is 22.8. The lowest BCUT2D eigenvalue weighted by Gasteiger charge is -2.27. The summed E-state index contributed by atoms with van der Waals surface area (Å²) >= 11 is 0. The standard InChI is InChI=1S/C25H29N3O4/c1-15(2)22(23(26)29)27-24(30)21-12-7-13-28(21)25(31)32-14-20-18-10-5-3-8-16(18)17-9-4-6-11-19(17)20/h3-6,8-11,15,20-22H,7,12-14H2,1-2H3,(H2,26,29)(H,27,30)/t21-,22-/m0/s1. The third-order valence-corrected chi connectivity index (χ3v) is 6.40. The van der Waals surface area contributed by atoms with Crippen LogP contribution in [0.2, 0.25) is 0 Å². The molecule has 0 aromatic heterocycles. The highest BCUT2D eigenvalue weighted by Gasteiger charge is 2.38. The molecule has 1 saturated heterocycles. The summed E-state index contributed by atoms with van der Waals surface area (Å²) in [4.78, 5) is 38.8. The first-order valence-electron chi connectivity index (χ1n) is 11.1. The van der Waals surface area contributed by atoms with Crippen LogP contribution < -0.4 is 11.1 Å². The number of nitrogens with zero attached hydrogens (tertiary/aromatic N) is 1. The van der Waals surface area contributed by atoms with E-state index in [-0.39, 0.29) is 24.3 Å². The SMILES string of the molecule is CC(C)[C@H](NC(=O)[C@@H]1CCCN1C(=O)OCC1c2ccccc2-c2ccccc21)C(N)=O. The van der Waals surface area contributed by atoms with Crippen LogP contribution in [0.25, 0.3) is 11.1 Å². The largest absolute Gasteiger partial charge is 0.448 e. The second kappa shape index (κ2) is 9.02. The van der Waals surface area contributed by atoms with E-state index in [0.29, 0.717) is 19.4 Å². The van der Waals surface area contributed by atoms with Crippen LogP contribution in [-0.2, 0) is 14.3 Å². The quantitative estimate of drug-likeness (QED) is 0.728. The van der Waals surface area contributed by atoms with Gasteiger partial charge in [-0.05, 0) is 41.0 Å². The number of carbonyl (C=O) groups excluding carboxylic acids is 3. The number of amides is 3. The Morgan fingerprint density at radius 3 is 2.22 bits per heavy atom. The summed E-state index contributed by atoms with van der Waals surface area (Å²) < 4.78 is 5.72. The summed E-state index contributed by atoms with van der Waals surface area (Å²) in [6.45, 7) is 4.27. The molecule has 2 aromatic carbocycles. The number of hydrogen-bond acceptors (Lipinski definition) is 4. The van der Waals surface area contributed by atoms with Crippen LogP contribution in [0.4, 0.5) is 4.79 Å². The summed E-state index contributed by atoms with van der Waals surface area (Å²) in [5.74, 6) is -1.13. The Bertz CT molecular complexity index is 990. The molecule has 2 atom stereocenters. The Balaban J connectivity index is 1.44. The predicted octanol–water partition coefficient (Wildman–Crippen LogP) is 3.03. The molecule has 168 valence electrons. The van der Waals surface area contributed by atoms with Gasteiger partial charge in [0.25, 0.3) is 0 Å². The second-order valence-corrected chi connectivity index (χ2v) is 8.79. The van der Waals surface area contributed by atoms with Crippen LogP contribution in [0, 0.1) is 5.92 Å². The Labute approximate surface area is 187 Å². The average Bonchev–Trinajstić information content (AvgIpc) is 3.39. The molecule has 3 N–H and O–H groups in total. The lowest BCUT2D eigenvalue weighted by molar-refractivity contribution is -0.130. The van der Waals surface area contributed by atoms with Crippen molar-refractivity contribution in [3.63, 3.8) is 0 Å². The van der Waals surface area contributed by atoms with Crippen LogP contribution in [-0.4, -0.2) is 48.0 Å². The van der Waals surface area contributed by atoms with Gasteiger partial charge in [-0.1, -0.05) is 62.4 Å². The summed E-state index contributed by atoms with van der Waals surface area (Å²) in [6.07, 6.45) is 0.717. The van der Waals surface area contributed by atoms with E-state index in [2.05, 4.69) is 29.6 Å². The van der Waals surface area contributed by atoms with Crippen molar-refractivity contribution in [3.8, 4) is 11.1 Å². The normalized spacial score (nSPS) is 18.2. The fourth-order valence-electron chi connectivity index (χ4n) is 4.75. The zero-order valence-electron chi connectivity index (χ0n) is 18.4. The fraction of sp³-hybridized carbons (Fsp3) is 0.400. The number of ether oxygens (including phenoxy) is 1. The van der Waals surface area contributed by atoms with Gasteiger partial charge in [0.1, 0.15) is 18.7 Å². The Hall–Kier alpha value is -3.35. The number of nitrogens with two attached hydrogens (primary N) is 1. The van der Waals surface area contributed by atoms with Gasteiger partial charge in [-0.25, -0.2) is 4.79 Å². The van der Waals surface area contributed by atoms with Crippen molar-refractivity contribution in [2.45, 2.75) is 44.7 Å². The molecule has 2 aromatic rings. The van der Waals surface area contributed by atoms with Crippen molar-refractivity contribution in [1.82, 2.24) is 10.2 Å². The van der Waals surface area contributed by atoms with E-state index < -0.39 is 24.1 Å². The van der Waals surface area contributed by atoms with E-state index in [1.165, 1.54) is 4.90 Å². The molecular formula is C25H29N3O4. The molecular weight excluding hydrogens is 406 g/mol. The molecule has 7 heteroatoms. The van der Waals surface area contributed by atoms with Gasteiger partial charge in [0, 0.05) is 12.5 Å². The number of primary amides is 1. The van der Waals surface area contributed by atoms with Crippen LogP contribution >= 0.6 is 0 Å². The number of likely N-dealkylation sites (tertiary alicyclic amines) is 1. The maximum absolute atomic E-state index is 12.9. The van der Waals surface area contributed by atoms with Gasteiger partial charge < -0.3 is 15.8 Å². The molecule has 0 radical (unpaired) electrons. The monoisotopic (exact) mass is 435 g/mol. The van der Waals surface area contributed by atoms with Gasteiger partial charge >= 0.3 is 6.09 Å². The van der Waals surface area contributed by atoms with Gasteiger partial charge in [0.05, 0.1) is 0 Å². The van der Waals surface area contributed by atoms with E-state index in [1.54, 1.807) is 0 Å². The van der Waals surface area contributed by atoms with E-state index in [1.807, 2.05) is 38.1 Å². The molecule has 1 heterocycles. The minimum Gasteiger partial charge on any atom is -0.448 e. The molecule has 1 fully saturated rings. The van der Waals surface area contributed by atoms with Crippen molar-refractivity contribution >= 4 is 17.9 Å². The van der Waals surface area contributed by atoms with E-state index >= 15 is 0 Å². The average molecular weight is 436 g/mol. The van der Waals surface area contributed by atoms with Crippen molar-refractivity contribution in [2.24, 2.45) is 11.7 Å². The molecule has 4 rings (SSSR count). The van der Waals surface area contributed by atoms with E-state index in [4.69, 9.17) is 10.5 Å². The molecule has 1 aliphatic carbocycles.